The minimum Gasteiger partial charge on any atom is -0.327 e. The van der Waals surface area contributed by atoms with Crippen molar-refractivity contribution in [2.75, 3.05) is 0 Å². The Labute approximate surface area is 86.3 Å². The molecular weight excluding hydrogens is 170 g/mol. The first kappa shape index (κ1) is 9.72. The van der Waals surface area contributed by atoms with E-state index in [-0.39, 0.29) is 0 Å². The molecule has 1 aromatic carbocycles. The van der Waals surface area contributed by atoms with E-state index in [4.69, 9.17) is 5.73 Å². The van der Waals surface area contributed by atoms with Gasteiger partial charge in [-0.25, -0.2) is 0 Å². The van der Waals surface area contributed by atoms with Crippen LogP contribution in [-0.4, -0.2) is 6.04 Å². The fraction of sp³-hybridized carbons (Fsp3) is 0.538. The summed E-state index contributed by atoms with van der Waals surface area (Å²) in [5.41, 5.74) is 9.20. The fourth-order valence-corrected chi connectivity index (χ4v) is 2.46. The van der Waals surface area contributed by atoms with Crippen LogP contribution in [0.4, 0.5) is 0 Å². The predicted octanol–water partition coefficient (Wildman–Crippen LogP) is 2.53. The summed E-state index contributed by atoms with van der Waals surface area (Å²) in [6, 6.07) is 9.15. The Morgan fingerprint density at radius 3 is 2.36 bits per heavy atom. The molecule has 0 fully saturated rings. The lowest BCUT2D eigenvalue weighted by Gasteiger charge is -2.17. The summed E-state index contributed by atoms with van der Waals surface area (Å²) in [5, 5.41) is 0. The van der Waals surface area contributed by atoms with Gasteiger partial charge < -0.3 is 5.73 Å². The lowest BCUT2D eigenvalue weighted by Crippen LogP contribution is -2.30. The maximum Gasteiger partial charge on any atom is 0.00734 e. The molecule has 2 N–H and O–H groups in total. The molecule has 1 nitrogen and oxygen atoms in total. The molecule has 0 saturated heterocycles. The summed E-state index contributed by atoms with van der Waals surface area (Å²) >= 11 is 0. The molecule has 0 saturated carbocycles. The number of fused-ring (bicyclic) bond motifs is 1. The zero-order valence-corrected chi connectivity index (χ0v) is 8.87. The van der Waals surface area contributed by atoms with Crippen LogP contribution in [0, 0.1) is 5.92 Å². The van der Waals surface area contributed by atoms with Crippen molar-refractivity contribution in [2.24, 2.45) is 11.7 Å². The first-order valence-corrected chi connectivity index (χ1v) is 5.63. The molecule has 14 heavy (non-hydrogen) atoms. The molecule has 76 valence electrons. The Hall–Kier alpha value is -0.820. The number of rotatable bonds is 3. The molecule has 1 aliphatic carbocycles. The van der Waals surface area contributed by atoms with Crippen LogP contribution in [0.25, 0.3) is 0 Å². The molecular formula is C13H19N. The van der Waals surface area contributed by atoms with Crippen LogP contribution >= 0.6 is 0 Å². The van der Waals surface area contributed by atoms with E-state index in [9.17, 15) is 0 Å². The molecule has 0 spiro atoms. The molecule has 1 unspecified atom stereocenters. The van der Waals surface area contributed by atoms with E-state index < -0.39 is 0 Å². The van der Waals surface area contributed by atoms with Gasteiger partial charge in [0.25, 0.3) is 0 Å². The lowest BCUT2D eigenvalue weighted by atomic mass is 9.94. The molecule has 0 radical (unpaired) electrons. The second-order valence-electron chi connectivity index (χ2n) is 4.39. The van der Waals surface area contributed by atoms with Crippen LogP contribution in [0.5, 0.6) is 0 Å². The van der Waals surface area contributed by atoms with Gasteiger partial charge in [-0.05, 0) is 36.3 Å². The van der Waals surface area contributed by atoms with Crippen LogP contribution in [0.2, 0.25) is 0 Å². The molecule has 0 amide bonds. The minimum absolute atomic E-state index is 0.396. The largest absolute Gasteiger partial charge is 0.327 e. The van der Waals surface area contributed by atoms with E-state index in [1.165, 1.54) is 36.8 Å². The maximum absolute atomic E-state index is 6.17. The highest BCUT2D eigenvalue weighted by atomic mass is 14.7. The van der Waals surface area contributed by atoms with Crippen LogP contribution in [0.15, 0.2) is 24.3 Å². The Morgan fingerprint density at radius 2 is 1.86 bits per heavy atom. The van der Waals surface area contributed by atoms with E-state index >= 15 is 0 Å². The van der Waals surface area contributed by atoms with Gasteiger partial charge in [0.2, 0.25) is 0 Å². The van der Waals surface area contributed by atoms with Crippen molar-refractivity contribution in [1.29, 1.82) is 0 Å². The molecule has 1 aromatic rings. The zero-order chi connectivity index (χ0) is 9.97. The van der Waals surface area contributed by atoms with Crippen molar-refractivity contribution < 1.29 is 0 Å². The molecule has 1 heteroatoms. The molecule has 0 heterocycles. The quantitative estimate of drug-likeness (QED) is 0.777. The van der Waals surface area contributed by atoms with Crippen LogP contribution < -0.4 is 5.73 Å². The summed E-state index contributed by atoms with van der Waals surface area (Å²) in [4.78, 5) is 0. The number of hydrogen-bond donors (Lipinski definition) is 1. The summed E-state index contributed by atoms with van der Waals surface area (Å²) < 4.78 is 0. The molecule has 1 aliphatic rings. The SMILES string of the molecule is CCCC(N)C1Cc2ccccc2C1. The Kier molecular flexibility index (Phi) is 2.87. The zero-order valence-electron chi connectivity index (χ0n) is 8.87. The molecule has 0 bridgehead atoms. The van der Waals surface area contributed by atoms with Crippen molar-refractivity contribution in [2.45, 2.75) is 38.6 Å². The van der Waals surface area contributed by atoms with Gasteiger partial charge in [0, 0.05) is 6.04 Å². The highest BCUT2D eigenvalue weighted by molar-refractivity contribution is 5.32. The van der Waals surface area contributed by atoms with Crippen LogP contribution in [0.1, 0.15) is 30.9 Å². The Bertz CT molecular complexity index is 281. The predicted molar refractivity (Wildman–Crippen MR) is 60.2 cm³/mol. The van der Waals surface area contributed by atoms with Gasteiger partial charge in [-0.1, -0.05) is 37.6 Å². The smallest absolute Gasteiger partial charge is 0.00734 e. The lowest BCUT2D eigenvalue weighted by molar-refractivity contribution is 0.414. The van der Waals surface area contributed by atoms with E-state index in [0.717, 1.165) is 0 Å². The molecule has 1 atom stereocenters. The van der Waals surface area contributed by atoms with Gasteiger partial charge in [-0.3, -0.25) is 0 Å². The van der Waals surface area contributed by atoms with Gasteiger partial charge in [-0.2, -0.15) is 0 Å². The van der Waals surface area contributed by atoms with E-state index in [1.54, 1.807) is 0 Å². The molecule has 0 aliphatic heterocycles. The van der Waals surface area contributed by atoms with Gasteiger partial charge in [0.05, 0.1) is 0 Å². The summed E-state index contributed by atoms with van der Waals surface area (Å²) in [6.45, 7) is 2.21. The fourth-order valence-electron chi connectivity index (χ4n) is 2.46. The monoisotopic (exact) mass is 189 g/mol. The maximum atomic E-state index is 6.17. The van der Waals surface area contributed by atoms with E-state index in [2.05, 4.69) is 31.2 Å². The third kappa shape index (κ3) is 1.83. The van der Waals surface area contributed by atoms with E-state index in [0.29, 0.717) is 12.0 Å². The second-order valence-corrected chi connectivity index (χ2v) is 4.39. The van der Waals surface area contributed by atoms with Crippen molar-refractivity contribution in [1.82, 2.24) is 0 Å². The van der Waals surface area contributed by atoms with Gasteiger partial charge in [0.1, 0.15) is 0 Å². The standard InChI is InChI=1S/C13H19N/c1-2-5-13(14)12-8-10-6-3-4-7-11(10)9-12/h3-4,6-7,12-13H,2,5,8-9,14H2,1H3. The minimum atomic E-state index is 0.396. The van der Waals surface area contributed by atoms with E-state index in [1.807, 2.05) is 0 Å². The highest BCUT2D eigenvalue weighted by Gasteiger charge is 2.25. The van der Waals surface area contributed by atoms with Crippen molar-refractivity contribution >= 4 is 0 Å². The first-order chi connectivity index (χ1) is 6.81. The Balaban J connectivity index is 2.04. The average molecular weight is 189 g/mol. The molecule has 2 rings (SSSR count). The second kappa shape index (κ2) is 4.14. The van der Waals surface area contributed by atoms with Crippen molar-refractivity contribution in [3.8, 4) is 0 Å². The third-order valence-corrected chi connectivity index (χ3v) is 3.31. The number of benzene rings is 1. The number of hydrogen-bond acceptors (Lipinski definition) is 1. The topological polar surface area (TPSA) is 26.0 Å². The van der Waals surface area contributed by atoms with Crippen LogP contribution in [0.3, 0.4) is 0 Å². The first-order valence-electron chi connectivity index (χ1n) is 5.63. The van der Waals surface area contributed by atoms with Gasteiger partial charge in [0.15, 0.2) is 0 Å². The normalized spacial score (nSPS) is 18.1. The average Bonchev–Trinajstić information content (AvgIpc) is 2.61. The molecule has 0 aromatic heterocycles. The van der Waals surface area contributed by atoms with Crippen molar-refractivity contribution in [3.05, 3.63) is 35.4 Å². The third-order valence-electron chi connectivity index (χ3n) is 3.31. The summed E-state index contributed by atoms with van der Waals surface area (Å²) in [6.07, 6.45) is 4.75. The summed E-state index contributed by atoms with van der Waals surface area (Å²) in [7, 11) is 0. The van der Waals surface area contributed by atoms with Crippen molar-refractivity contribution in [3.63, 3.8) is 0 Å². The van der Waals surface area contributed by atoms with Gasteiger partial charge in [-0.15, -0.1) is 0 Å². The van der Waals surface area contributed by atoms with Gasteiger partial charge >= 0.3 is 0 Å². The Morgan fingerprint density at radius 1 is 1.29 bits per heavy atom. The number of nitrogens with two attached hydrogens (primary N) is 1. The highest BCUT2D eigenvalue weighted by Crippen LogP contribution is 2.29. The van der Waals surface area contributed by atoms with Crippen LogP contribution in [-0.2, 0) is 12.8 Å². The summed E-state index contributed by atoms with van der Waals surface area (Å²) in [5.74, 6) is 0.687.